The summed E-state index contributed by atoms with van der Waals surface area (Å²) >= 11 is 0. The summed E-state index contributed by atoms with van der Waals surface area (Å²) in [5.41, 5.74) is 0.988. The lowest BCUT2D eigenvalue weighted by molar-refractivity contribution is -0.106. The van der Waals surface area contributed by atoms with Gasteiger partial charge in [0.05, 0.1) is 11.7 Å². The monoisotopic (exact) mass is 314 g/mol. The summed E-state index contributed by atoms with van der Waals surface area (Å²) in [6, 6.07) is 0. The third kappa shape index (κ3) is 2.09. The zero-order valence-corrected chi connectivity index (χ0v) is 14.5. The van der Waals surface area contributed by atoms with Crippen LogP contribution in [0.1, 0.15) is 58.8 Å². The molecule has 2 N–H and O–H groups in total. The molecule has 0 aromatic heterocycles. The predicted octanol–water partition coefficient (Wildman–Crippen LogP) is 3.53. The van der Waals surface area contributed by atoms with Crippen LogP contribution in [0.25, 0.3) is 0 Å². The van der Waals surface area contributed by atoms with Gasteiger partial charge in [0.2, 0.25) is 0 Å². The Hall–Kier alpha value is -0.780. The van der Waals surface area contributed by atoms with Crippen LogP contribution in [0, 0.1) is 47.3 Å². The molecule has 126 valence electrons. The molecule has 3 fully saturated rings. The third-order valence-corrected chi connectivity index (χ3v) is 8.24. The Morgan fingerprint density at radius 1 is 1.22 bits per heavy atom. The number of allylic oxidation sites excluding steroid dienone is 1. The molecular weight excluding hydrogens is 284 g/mol. The Morgan fingerprint density at radius 3 is 2.74 bits per heavy atom. The molecule has 2 nitrogen and oxygen atoms in total. The molecule has 0 saturated heterocycles. The zero-order valence-electron chi connectivity index (χ0n) is 14.5. The Morgan fingerprint density at radius 2 is 2.00 bits per heavy atom. The number of terminal acetylenes is 1. The van der Waals surface area contributed by atoms with Crippen molar-refractivity contribution in [2.45, 2.75) is 70.5 Å². The number of fused-ring (bicyclic) bond motifs is 5. The largest absolute Gasteiger partial charge is 0.393 e. The van der Waals surface area contributed by atoms with E-state index in [0.717, 1.165) is 38.5 Å². The number of aliphatic hydroxyl groups excluding tert-OH is 1. The van der Waals surface area contributed by atoms with Crippen molar-refractivity contribution in [2.75, 3.05) is 0 Å². The van der Waals surface area contributed by atoms with Crippen LogP contribution in [0.3, 0.4) is 0 Å². The van der Waals surface area contributed by atoms with Crippen molar-refractivity contribution < 1.29 is 10.2 Å². The normalized spacial score (nSPS) is 55.2. The van der Waals surface area contributed by atoms with Crippen molar-refractivity contribution in [3.8, 4) is 12.3 Å². The van der Waals surface area contributed by atoms with Gasteiger partial charge in [-0.15, -0.1) is 12.3 Å². The standard InChI is InChI=1S/C21H30O2/c1-4-13-11-15(22)12-14-5-6-16-17(19(13)14)7-9-20(2)18(16)8-10-21(20,3)23/h1,5,13,15-19,22-23H,6-12H2,2-3H3/t13-,15+,16?,17?,18?,19?,20+,21+/m1/s1. The van der Waals surface area contributed by atoms with E-state index in [1.807, 2.05) is 0 Å². The van der Waals surface area contributed by atoms with E-state index >= 15 is 0 Å². The van der Waals surface area contributed by atoms with Gasteiger partial charge in [0.15, 0.2) is 0 Å². The van der Waals surface area contributed by atoms with Crippen LogP contribution in [0.2, 0.25) is 0 Å². The highest BCUT2D eigenvalue weighted by Crippen LogP contribution is 2.64. The molecule has 4 aliphatic rings. The average molecular weight is 314 g/mol. The van der Waals surface area contributed by atoms with Crippen molar-refractivity contribution in [1.82, 2.24) is 0 Å². The maximum atomic E-state index is 10.9. The number of aliphatic hydroxyl groups is 2. The van der Waals surface area contributed by atoms with Crippen molar-refractivity contribution in [3.05, 3.63) is 11.6 Å². The lowest BCUT2D eigenvalue weighted by Crippen LogP contribution is -2.52. The molecule has 0 bridgehead atoms. The van der Waals surface area contributed by atoms with Gasteiger partial charge in [-0.2, -0.15) is 0 Å². The second kappa shape index (κ2) is 5.11. The van der Waals surface area contributed by atoms with E-state index in [2.05, 4.69) is 25.8 Å². The average Bonchev–Trinajstić information content (AvgIpc) is 2.76. The minimum absolute atomic E-state index is 0.0688. The molecule has 3 saturated carbocycles. The summed E-state index contributed by atoms with van der Waals surface area (Å²) in [5, 5.41) is 21.1. The Kier molecular flexibility index (Phi) is 3.49. The molecule has 8 atom stereocenters. The van der Waals surface area contributed by atoms with Crippen molar-refractivity contribution >= 4 is 0 Å². The molecule has 0 aromatic carbocycles. The summed E-state index contributed by atoms with van der Waals surface area (Å²) in [5.74, 6) is 5.64. The summed E-state index contributed by atoms with van der Waals surface area (Å²) in [6.07, 6.45) is 15.1. The van der Waals surface area contributed by atoms with Crippen molar-refractivity contribution in [3.63, 3.8) is 0 Å². The number of hydrogen-bond acceptors (Lipinski definition) is 2. The minimum atomic E-state index is -0.513. The van der Waals surface area contributed by atoms with Gasteiger partial charge >= 0.3 is 0 Å². The molecule has 23 heavy (non-hydrogen) atoms. The number of rotatable bonds is 0. The van der Waals surface area contributed by atoms with Crippen LogP contribution in [-0.2, 0) is 0 Å². The van der Waals surface area contributed by atoms with Gasteiger partial charge in [-0.05, 0) is 81.0 Å². The minimum Gasteiger partial charge on any atom is -0.393 e. The van der Waals surface area contributed by atoms with Crippen LogP contribution in [0.5, 0.6) is 0 Å². The maximum absolute atomic E-state index is 10.9. The number of hydrogen-bond donors (Lipinski definition) is 2. The fourth-order valence-corrected chi connectivity index (χ4v) is 6.79. The van der Waals surface area contributed by atoms with E-state index in [1.54, 1.807) is 0 Å². The van der Waals surface area contributed by atoms with E-state index in [0.29, 0.717) is 23.7 Å². The van der Waals surface area contributed by atoms with E-state index < -0.39 is 5.60 Å². The molecule has 4 aliphatic carbocycles. The molecule has 4 rings (SSSR count). The van der Waals surface area contributed by atoms with Gasteiger partial charge < -0.3 is 10.2 Å². The van der Waals surface area contributed by atoms with Crippen LogP contribution in [0.15, 0.2) is 11.6 Å². The van der Waals surface area contributed by atoms with Crippen LogP contribution >= 0.6 is 0 Å². The van der Waals surface area contributed by atoms with Gasteiger partial charge in [-0.3, -0.25) is 0 Å². The predicted molar refractivity (Wildman–Crippen MR) is 91.4 cm³/mol. The van der Waals surface area contributed by atoms with Crippen LogP contribution < -0.4 is 0 Å². The fourth-order valence-electron chi connectivity index (χ4n) is 6.79. The topological polar surface area (TPSA) is 40.5 Å². The lowest BCUT2D eigenvalue weighted by Gasteiger charge is -2.55. The molecule has 4 unspecified atom stereocenters. The molecule has 0 spiro atoms. The first-order valence-corrected chi connectivity index (χ1v) is 9.43. The van der Waals surface area contributed by atoms with Gasteiger partial charge in [0, 0.05) is 5.92 Å². The highest BCUT2D eigenvalue weighted by Gasteiger charge is 2.60. The first-order chi connectivity index (χ1) is 10.9. The Balaban J connectivity index is 1.68. The molecule has 2 heteroatoms. The molecular formula is C21H30O2. The van der Waals surface area contributed by atoms with E-state index in [-0.39, 0.29) is 17.4 Å². The van der Waals surface area contributed by atoms with E-state index in [9.17, 15) is 10.2 Å². The molecule has 0 aromatic rings. The summed E-state index contributed by atoms with van der Waals surface area (Å²) in [4.78, 5) is 0. The van der Waals surface area contributed by atoms with Crippen molar-refractivity contribution in [2.24, 2.45) is 35.0 Å². The first kappa shape index (κ1) is 15.7. The fraction of sp³-hybridized carbons (Fsp3) is 0.810. The highest BCUT2D eigenvalue weighted by atomic mass is 16.3. The summed E-state index contributed by atoms with van der Waals surface area (Å²) < 4.78 is 0. The van der Waals surface area contributed by atoms with E-state index in [1.165, 1.54) is 12.0 Å². The smallest absolute Gasteiger partial charge is 0.0675 e. The summed E-state index contributed by atoms with van der Waals surface area (Å²) in [6.45, 7) is 4.38. The quantitative estimate of drug-likeness (QED) is 0.530. The molecule has 0 radical (unpaired) electrons. The van der Waals surface area contributed by atoms with E-state index in [4.69, 9.17) is 6.42 Å². The molecule has 0 aliphatic heterocycles. The van der Waals surface area contributed by atoms with Gasteiger partial charge in [0.1, 0.15) is 0 Å². The SMILES string of the molecule is C#C[C@@H]1C[C@H](O)CC2=CCC3C(CC[C@@]4(C)C3CC[C@]4(C)O)C21. The van der Waals surface area contributed by atoms with Gasteiger partial charge in [-0.1, -0.05) is 18.6 Å². The second-order valence-corrected chi connectivity index (χ2v) is 9.11. The first-order valence-electron chi connectivity index (χ1n) is 9.43. The van der Waals surface area contributed by atoms with Crippen LogP contribution in [-0.4, -0.2) is 21.9 Å². The highest BCUT2D eigenvalue weighted by molar-refractivity contribution is 5.25. The summed E-state index contributed by atoms with van der Waals surface area (Å²) in [7, 11) is 0. The van der Waals surface area contributed by atoms with Crippen molar-refractivity contribution in [1.29, 1.82) is 0 Å². The Labute approximate surface area is 140 Å². The van der Waals surface area contributed by atoms with Crippen LogP contribution in [0.4, 0.5) is 0 Å². The van der Waals surface area contributed by atoms with Gasteiger partial charge in [-0.25, -0.2) is 0 Å². The van der Waals surface area contributed by atoms with Gasteiger partial charge in [0.25, 0.3) is 0 Å². The second-order valence-electron chi connectivity index (χ2n) is 9.11. The molecule has 0 amide bonds. The lowest BCUT2D eigenvalue weighted by atomic mass is 9.50. The molecule has 0 heterocycles. The Bertz CT molecular complexity index is 569. The zero-order chi connectivity index (χ0) is 16.4. The third-order valence-electron chi connectivity index (χ3n) is 8.24. The maximum Gasteiger partial charge on any atom is 0.0675 e.